The molecule has 1 aromatic carbocycles. The molecule has 0 fully saturated rings. The van der Waals surface area contributed by atoms with Gasteiger partial charge < -0.3 is 10.2 Å². The Morgan fingerprint density at radius 2 is 1.79 bits per heavy atom. The molecule has 1 aromatic rings. The van der Waals surface area contributed by atoms with Crippen molar-refractivity contribution in [2.24, 2.45) is 5.41 Å². The second kappa shape index (κ2) is 8.90. The maximum absolute atomic E-state index is 11.7. The van der Waals surface area contributed by atoms with Gasteiger partial charge in [0.1, 0.15) is 5.41 Å². The number of carboxylic acids is 2. The zero-order valence-electron chi connectivity index (χ0n) is 13.9. The van der Waals surface area contributed by atoms with Crippen molar-refractivity contribution in [1.29, 1.82) is 0 Å². The first kappa shape index (κ1) is 20.3. The quantitative estimate of drug-likeness (QED) is 0.553. The molecular formula is C17H24O6P+. The van der Waals surface area contributed by atoms with Crippen LogP contribution in [0.4, 0.5) is 0 Å². The molecule has 0 heterocycles. The average molecular weight is 355 g/mol. The molecule has 0 bridgehead atoms. The fourth-order valence-corrected chi connectivity index (χ4v) is 3.89. The standard InChI is InChI=1S/C17H23O6P/c1-12(13-8-4-3-5-9-13)7-6-10-17(2,16(20)21)14(24(22)23)11-15(18)19/h3-5,8-9,12,14H,6-7,10-11H2,1-2H3,(H2-,18,19,20,21,22,23)/p+1. The molecule has 0 amide bonds. The van der Waals surface area contributed by atoms with Crippen molar-refractivity contribution in [2.75, 3.05) is 0 Å². The van der Waals surface area contributed by atoms with Crippen LogP contribution in [0, 0.1) is 5.41 Å². The Bertz CT molecular complexity index is 588. The Hall–Kier alpha value is -1.78. The Kier molecular flexibility index (Phi) is 7.52. The van der Waals surface area contributed by atoms with Gasteiger partial charge in [0.05, 0.1) is 6.42 Å². The Labute approximate surface area is 142 Å². The minimum atomic E-state index is -2.90. The van der Waals surface area contributed by atoms with Gasteiger partial charge in [-0.2, -0.15) is 4.89 Å². The summed E-state index contributed by atoms with van der Waals surface area (Å²) in [5, 5.41) is 18.4. The lowest BCUT2D eigenvalue weighted by Crippen LogP contribution is -2.39. The third-order valence-corrected chi connectivity index (χ3v) is 5.85. The first-order valence-electron chi connectivity index (χ1n) is 7.84. The van der Waals surface area contributed by atoms with E-state index in [4.69, 9.17) is 5.11 Å². The highest BCUT2D eigenvalue weighted by molar-refractivity contribution is 7.39. The molecule has 0 saturated carbocycles. The molecule has 0 aliphatic carbocycles. The highest BCUT2D eigenvalue weighted by Gasteiger charge is 2.53. The van der Waals surface area contributed by atoms with E-state index in [1.165, 1.54) is 6.92 Å². The number of benzene rings is 1. The predicted octanol–water partition coefficient (Wildman–Crippen LogP) is 3.63. The molecule has 6 nitrogen and oxygen atoms in total. The third kappa shape index (κ3) is 5.39. The number of rotatable bonds is 10. The lowest BCUT2D eigenvalue weighted by Gasteiger charge is -2.26. The molecule has 3 N–H and O–H groups in total. The van der Waals surface area contributed by atoms with Crippen molar-refractivity contribution in [3.05, 3.63) is 35.9 Å². The second-order valence-corrected chi connectivity index (χ2v) is 7.57. The van der Waals surface area contributed by atoms with Crippen molar-refractivity contribution in [2.45, 2.75) is 51.1 Å². The molecule has 0 saturated heterocycles. The third-order valence-electron chi connectivity index (χ3n) is 4.56. The van der Waals surface area contributed by atoms with E-state index in [2.05, 4.69) is 0 Å². The number of hydrogen-bond donors (Lipinski definition) is 3. The van der Waals surface area contributed by atoms with Crippen LogP contribution in [-0.4, -0.2) is 32.7 Å². The highest BCUT2D eigenvalue weighted by atomic mass is 31.1. The zero-order valence-corrected chi connectivity index (χ0v) is 14.8. The number of carbonyl (C=O) groups is 2. The Balaban J connectivity index is 2.79. The molecule has 132 valence electrons. The van der Waals surface area contributed by atoms with Crippen LogP contribution in [0.2, 0.25) is 0 Å². The summed E-state index contributed by atoms with van der Waals surface area (Å²) in [5.41, 5.74) is -1.71. The molecule has 4 atom stereocenters. The topological polar surface area (TPSA) is 112 Å². The van der Waals surface area contributed by atoms with E-state index in [-0.39, 0.29) is 12.3 Å². The summed E-state index contributed by atoms with van der Waals surface area (Å²) in [6, 6.07) is 9.79. The summed E-state index contributed by atoms with van der Waals surface area (Å²) in [4.78, 5) is 32.0. The second-order valence-electron chi connectivity index (χ2n) is 6.34. The zero-order chi connectivity index (χ0) is 18.3. The van der Waals surface area contributed by atoms with E-state index in [1.54, 1.807) is 0 Å². The van der Waals surface area contributed by atoms with Crippen LogP contribution >= 0.6 is 8.03 Å². The molecule has 0 aliphatic heterocycles. The maximum Gasteiger partial charge on any atom is 0.510 e. The van der Waals surface area contributed by atoms with Crippen molar-refractivity contribution in [1.82, 2.24) is 0 Å². The monoisotopic (exact) mass is 355 g/mol. The minimum Gasteiger partial charge on any atom is -0.481 e. The smallest absolute Gasteiger partial charge is 0.481 e. The van der Waals surface area contributed by atoms with Gasteiger partial charge in [0.15, 0.2) is 0 Å². The van der Waals surface area contributed by atoms with Gasteiger partial charge in [-0.05, 0) is 35.8 Å². The first-order valence-corrected chi connectivity index (χ1v) is 9.12. The molecule has 0 aromatic heterocycles. The fourth-order valence-electron chi connectivity index (χ4n) is 2.85. The normalized spacial score (nSPS) is 16.7. The first-order chi connectivity index (χ1) is 11.2. The van der Waals surface area contributed by atoms with Crippen molar-refractivity contribution >= 4 is 20.0 Å². The summed E-state index contributed by atoms with van der Waals surface area (Å²) in [6.07, 6.45) is 0.759. The van der Waals surface area contributed by atoms with Crippen LogP contribution in [0.1, 0.15) is 51.0 Å². The lowest BCUT2D eigenvalue weighted by molar-refractivity contribution is -0.149. The summed E-state index contributed by atoms with van der Waals surface area (Å²) < 4.78 is 11.5. The van der Waals surface area contributed by atoms with Gasteiger partial charge in [-0.15, -0.1) is 0 Å². The molecule has 24 heavy (non-hydrogen) atoms. The number of carboxylic acid groups (broad SMARTS) is 2. The van der Waals surface area contributed by atoms with Gasteiger partial charge >= 0.3 is 20.0 Å². The van der Waals surface area contributed by atoms with E-state index in [9.17, 15) is 24.2 Å². The molecular weight excluding hydrogens is 331 g/mol. The van der Waals surface area contributed by atoms with Gasteiger partial charge in [0.2, 0.25) is 5.66 Å². The SMILES string of the molecule is CC(CCCC(C)(C(=O)O)C(CC(=O)O)[P+](=O)O)c1ccccc1. The van der Waals surface area contributed by atoms with Gasteiger partial charge in [-0.25, -0.2) is 0 Å². The van der Waals surface area contributed by atoms with Crippen LogP contribution in [0.15, 0.2) is 30.3 Å². The van der Waals surface area contributed by atoms with E-state index < -0.39 is 37.5 Å². The van der Waals surface area contributed by atoms with E-state index >= 15 is 0 Å². The van der Waals surface area contributed by atoms with Crippen molar-refractivity contribution < 1.29 is 29.3 Å². The van der Waals surface area contributed by atoms with Crippen LogP contribution in [0.3, 0.4) is 0 Å². The van der Waals surface area contributed by atoms with E-state index in [0.29, 0.717) is 6.42 Å². The average Bonchev–Trinajstić information content (AvgIpc) is 2.52. The summed E-state index contributed by atoms with van der Waals surface area (Å²) in [6.45, 7) is 3.40. The van der Waals surface area contributed by atoms with Crippen molar-refractivity contribution in [3.8, 4) is 0 Å². The van der Waals surface area contributed by atoms with E-state index in [0.717, 1.165) is 12.0 Å². The molecule has 0 spiro atoms. The minimum absolute atomic E-state index is 0.152. The number of hydrogen-bond acceptors (Lipinski definition) is 3. The lowest BCUT2D eigenvalue weighted by atomic mass is 9.79. The van der Waals surface area contributed by atoms with E-state index in [1.807, 2.05) is 37.3 Å². The maximum atomic E-state index is 11.7. The summed E-state index contributed by atoms with van der Waals surface area (Å²) in [7, 11) is -2.90. The van der Waals surface area contributed by atoms with Gasteiger partial charge in [0.25, 0.3) is 0 Å². The van der Waals surface area contributed by atoms with Crippen LogP contribution < -0.4 is 0 Å². The largest absolute Gasteiger partial charge is 0.510 e. The molecule has 4 unspecified atom stereocenters. The molecule has 0 radical (unpaired) electrons. The van der Waals surface area contributed by atoms with Gasteiger partial charge in [-0.3, -0.25) is 9.59 Å². The molecule has 0 aliphatic rings. The molecule has 1 rings (SSSR count). The number of aliphatic carboxylic acids is 2. The summed E-state index contributed by atoms with van der Waals surface area (Å²) >= 11 is 0. The summed E-state index contributed by atoms with van der Waals surface area (Å²) in [5.74, 6) is -2.29. The van der Waals surface area contributed by atoms with Crippen LogP contribution in [0.25, 0.3) is 0 Å². The fraction of sp³-hybridized carbons (Fsp3) is 0.529. The molecule has 7 heteroatoms. The highest BCUT2D eigenvalue weighted by Crippen LogP contribution is 2.44. The Morgan fingerprint density at radius 1 is 1.21 bits per heavy atom. The van der Waals surface area contributed by atoms with Gasteiger partial charge in [0, 0.05) is 0 Å². The van der Waals surface area contributed by atoms with Crippen molar-refractivity contribution in [3.63, 3.8) is 0 Å². The van der Waals surface area contributed by atoms with Gasteiger partial charge in [-0.1, -0.05) is 43.7 Å². The predicted molar refractivity (Wildman–Crippen MR) is 90.3 cm³/mol. The van der Waals surface area contributed by atoms with Crippen LogP contribution in [0.5, 0.6) is 0 Å². The Morgan fingerprint density at radius 3 is 2.25 bits per heavy atom. The van der Waals surface area contributed by atoms with Crippen LogP contribution in [-0.2, 0) is 14.2 Å².